The fourth-order valence-corrected chi connectivity index (χ4v) is 4.16. The van der Waals surface area contributed by atoms with Crippen LogP contribution in [0.5, 0.6) is 5.75 Å². The number of imidazole rings is 1. The van der Waals surface area contributed by atoms with Crippen LogP contribution in [0, 0.1) is 6.92 Å². The predicted molar refractivity (Wildman–Crippen MR) is 118 cm³/mol. The first kappa shape index (κ1) is 20.2. The average molecular weight is 443 g/mol. The molecule has 2 aromatic carbocycles. The zero-order chi connectivity index (χ0) is 21.3. The summed E-state index contributed by atoms with van der Waals surface area (Å²) in [5, 5.41) is 4.68. The van der Waals surface area contributed by atoms with Crippen LogP contribution in [0.2, 0.25) is 5.02 Å². The Hall–Kier alpha value is -3.10. The quantitative estimate of drug-likeness (QED) is 0.446. The molecule has 0 atom stereocenters. The van der Waals surface area contributed by atoms with E-state index >= 15 is 0 Å². The summed E-state index contributed by atoms with van der Waals surface area (Å²) in [5.74, 6) is 0.621. The van der Waals surface area contributed by atoms with Crippen LogP contribution in [0.4, 0.5) is 9.80 Å². The minimum atomic E-state index is -0.544. The number of ether oxygens (including phenoxy) is 2. The molecule has 0 aliphatic carbocycles. The molecule has 0 radical (unpaired) electrons. The van der Waals surface area contributed by atoms with Crippen molar-refractivity contribution >= 4 is 45.1 Å². The van der Waals surface area contributed by atoms with E-state index in [0.717, 1.165) is 27.2 Å². The van der Waals surface area contributed by atoms with Gasteiger partial charge in [-0.3, -0.25) is 5.32 Å². The van der Waals surface area contributed by atoms with Crippen molar-refractivity contribution < 1.29 is 14.3 Å². The average Bonchev–Trinajstić information content (AvgIpc) is 3.28. The van der Waals surface area contributed by atoms with Crippen LogP contribution < -0.4 is 10.1 Å². The third-order valence-electron chi connectivity index (χ3n) is 4.57. The number of nitrogens with zero attached hydrogens (tertiary/aromatic N) is 3. The van der Waals surface area contributed by atoms with E-state index in [1.54, 1.807) is 25.6 Å². The number of carbonyl (C=O) groups is 1. The number of aromatic nitrogens is 3. The number of hydrogen-bond acceptors (Lipinski definition) is 6. The summed E-state index contributed by atoms with van der Waals surface area (Å²) < 4.78 is 12.7. The van der Waals surface area contributed by atoms with Crippen LogP contribution in [-0.4, -0.2) is 27.7 Å². The van der Waals surface area contributed by atoms with E-state index in [9.17, 15) is 4.79 Å². The SMILES string of the molecule is COc1cc(Cl)ccc1-c1nc(C)c(NC(=O)OCc2ccc3c(c2)ncn3C)s1. The Kier molecular flexibility index (Phi) is 5.61. The number of amides is 1. The van der Waals surface area contributed by atoms with Gasteiger partial charge in [0.25, 0.3) is 0 Å². The Morgan fingerprint density at radius 1 is 1.27 bits per heavy atom. The van der Waals surface area contributed by atoms with Gasteiger partial charge < -0.3 is 14.0 Å². The molecule has 154 valence electrons. The van der Waals surface area contributed by atoms with Gasteiger partial charge in [-0.2, -0.15) is 0 Å². The van der Waals surface area contributed by atoms with Gasteiger partial charge in [-0.05, 0) is 42.8 Å². The van der Waals surface area contributed by atoms with Gasteiger partial charge >= 0.3 is 6.09 Å². The molecule has 1 N–H and O–H groups in total. The van der Waals surface area contributed by atoms with Gasteiger partial charge in [-0.15, -0.1) is 0 Å². The fraction of sp³-hybridized carbons (Fsp3) is 0.190. The van der Waals surface area contributed by atoms with E-state index in [-0.39, 0.29) is 6.61 Å². The van der Waals surface area contributed by atoms with E-state index in [4.69, 9.17) is 21.1 Å². The lowest BCUT2D eigenvalue weighted by Gasteiger charge is -2.07. The number of carbonyl (C=O) groups excluding carboxylic acids is 1. The molecule has 0 bridgehead atoms. The summed E-state index contributed by atoms with van der Waals surface area (Å²) in [6, 6.07) is 11.1. The van der Waals surface area contributed by atoms with E-state index < -0.39 is 6.09 Å². The van der Waals surface area contributed by atoms with E-state index in [2.05, 4.69) is 15.3 Å². The molecule has 4 aromatic rings. The lowest BCUT2D eigenvalue weighted by molar-refractivity contribution is 0.155. The zero-order valence-electron chi connectivity index (χ0n) is 16.6. The van der Waals surface area contributed by atoms with Crippen LogP contribution in [0.15, 0.2) is 42.7 Å². The molecule has 0 aliphatic heterocycles. The Morgan fingerprint density at radius 2 is 2.10 bits per heavy atom. The third kappa shape index (κ3) is 4.10. The summed E-state index contributed by atoms with van der Waals surface area (Å²) >= 11 is 7.38. The van der Waals surface area contributed by atoms with Gasteiger partial charge in [0.1, 0.15) is 22.4 Å². The molecule has 2 aromatic heterocycles. The third-order valence-corrected chi connectivity index (χ3v) is 5.91. The Balaban J connectivity index is 1.44. The van der Waals surface area contributed by atoms with Crippen molar-refractivity contribution in [2.45, 2.75) is 13.5 Å². The highest BCUT2D eigenvalue weighted by Crippen LogP contribution is 2.38. The smallest absolute Gasteiger partial charge is 0.412 e. The Morgan fingerprint density at radius 3 is 2.90 bits per heavy atom. The standard InChI is InChI=1S/C21H19ClN4O3S/c1-12-19(30-20(24-12)15-6-5-14(22)9-18(15)28-3)25-21(27)29-10-13-4-7-17-16(8-13)23-11-26(17)2/h4-9,11H,10H2,1-3H3,(H,25,27). The van der Waals surface area contributed by atoms with Crippen molar-refractivity contribution in [1.82, 2.24) is 14.5 Å². The predicted octanol–water partition coefficient (Wildman–Crippen LogP) is 5.42. The van der Waals surface area contributed by atoms with Gasteiger partial charge in [0, 0.05) is 12.1 Å². The molecule has 0 unspecified atom stereocenters. The van der Waals surface area contributed by atoms with E-state index in [1.165, 1.54) is 11.3 Å². The minimum Gasteiger partial charge on any atom is -0.496 e. The summed E-state index contributed by atoms with van der Waals surface area (Å²) in [4.78, 5) is 21.2. The van der Waals surface area contributed by atoms with Crippen molar-refractivity contribution in [3.63, 3.8) is 0 Å². The van der Waals surface area contributed by atoms with Crippen LogP contribution in [0.1, 0.15) is 11.3 Å². The number of hydrogen-bond donors (Lipinski definition) is 1. The maximum absolute atomic E-state index is 12.3. The Labute approximate surface area is 182 Å². The summed E-state index contributed by atoms with van der Waals surface area (Å²) in [7, 11) is 3.51. The molecule has 9 heteroatoms. The summed E-state index contributed by atoms with van der Waals surface area (Å²) in [5.41, 5.74) is 4.25. The van der Waals surface area contributed by atoms with E-state index in [0.29, 0.717) is 21.5 Å². The second-order valence-corrected chi connectivity index (χ2v) is 8.09. The van der Waals surface area contributed by atoms with Gasteiger partial charge in [-0.25, -0.2) is 14.8 Å². The van der Waals surface area contributed by atoms with Crippen LogP contribution in [0.25, 0.3) is 21.6 Å². The van der Waals surface area contributed by atoms with Crippen molar-refractivity contribution in [2.24, 2.45) is 7.05 Å². The molecule has 7 nitrogen and oxygen atoms in total. The lowest BCUT2D eigenvalue weighted by Crippen LogP contribution is -2.13. The first-order valence-electron chi connectivity index (χ1n) is 9.09. The lowest BCUT2D eigenvalue weighted by atomic mass is 10.2. The first-order chi connectivity index (χ1) is 14.4. The molecule has 0 aliphatic rings. The van der Waals surface area contributed by atoms with Crippen LogP contribution >= 0.6 is 22.9 Å². The largest absolute Gasteiger partial charge is 0.496 e. The summed E-state index contributed by atoms with van der Waals surface area (Å²) in [6.45, 7) is 1.97. The number of aryl methyl sites for hydroxylation is 2. The molecule has 2 heterocycles. The van der Waals surface area contributed by atoms with Crippen molar-refractivity contribution in [1.29, 1.82) is 0 Å². The molecular formula is C21H19ClN4O3S. The van der Waals surface area contributed by atoms with Crippen LogP contribution in [0.3, 0.4) is 0 Å². The van der Waals surface area contributed by atoms with Crippen molar-refractivity contribution in [2.75, 3.05) is 12.4 Å². The maximum atomic E-state index is 12.3. The molecule has 0 saturated carbocycles. The number of methoxy groups -OCH3 is 1. The van der Waals surface area contributed by atoms with Gasteiger partial charge in [0.05, 0.1) is 35.7 Å². The molecule has 1 amide bonds. The number of rotatable bonds is 5. The number of benzene rings is 2. The van der Waals surface area contributed by atoms with Crippen molar-refractivity contribution in [3.05, 3.63) is 59.0 Å². The topological polar surface area (TPSA) is 78.3 Å². The number of halogens is 1. The molecular weight excluding hydrogens is 424 g/mol. The molecule has 0 saturated heterocycles. The second kappa shape index (κ2) is 8.33. The van der Waals surface area contributed by atoms with Gasteiger partial charge in [0.15, 0.2) is 0 Å². The summed E-state index contributed by atoms with van der Waals surface area (Å²) in [6.07, 6.45) is 1.21. The second-order valence-electron chi connectivity index (χ2n) is 6.66. The highest BCUT2D eigenvalue weighted by molar-refractivity contribution is 7.19. The molecule has 4 rings (SSSR count). The van der Waals surface area contributed by atoms with Crippen molar-refractivity contribution in [3.8, 4) is 16.3 Å². The number of thiazole rings is 1. The Bertz CT molecular complexity index is 1230. The van der Waals surface area contributed by atoms with Gasteiger partial charge in [0.2, 0.25) is 0 Å². The van der Waals surface area contributed by atoms with Crippen LogP contribution in [-0.2, 0) is 18.4 Å². The fourth-order valence-electron chi connectivity index (χ4n) is 3.02. The zero-order valence-corrected chi connectivity index (χ0v) is 18.2. The number of nitrogens with one attached hydrogen (secondary N) is 1. The highest BCUT2D eigenvalue weighted by Gasteiger charge is 2.16. The molecule has 0 fully saturated rings. The number of fused-ring (bicyclic) bond motifs is 1. The monoisotopic (exact) mass is 442 g/mol. The van der Waals surface area contributed by atoms with Gasteiger partial charge in [-0.1, -0.05) is 29.0 Å². The normalized spacial score (nSPS) is 10.9. The molecule has 30 heavy (non-hydrogen) atoms. The highest BCUT2D eigenvalue weighted by atomic mass is 35.5. The van der Waals surface area contributed by atoms with E-state index in [1.807, 2.05) is 42.8 Å². The first-order valence-corrected chi connectivity index (χ1v) is 10.3. The molecule has 0 spiro atoms. The number of anilines is 1. The minimum absolute atomic E-state index is 0.147. The maximum Gasteiger partial charge on any atom is 0.412 e.